The van der Waals surface area contributed by atoms with E-state index in [1.54, 1.807) is 0 Å². The van der Waals surface area contributed by atoms with Gasteiger partial charge < -0.3 is 0 Å². The van der Waals surface area contributed by atoms with Gasteiger partial charge in [0.05, 0.1) is 5.41 Å². The predicted octanol–water partition coefficient (Wildman–Crippen LogP) is 0.588. The van der Waals surface area contributed by atoms with Crippen molar-refractivity contribution in [1.29, 1.82) is 0 Å². The normalized spacial score (nSPS) is 25.2. The van der Waals surface area contributed by atoms with E-state index < -0.39 is 0 Å². The van der Waals surface area contributed by atoms with Crippen LogP contribution in [0.4, 0.5) is 0 Å². The molecule has 0 radical (unpaired) electrons. The van der Waals surface area contributed by atoms with Crippen molar-refractivity contribution in [3.05, 3.63) is 0 Å². The molecule has 0 aliphatic heterocycles. The highest BCUT2D eigenvalue weighted by Gasteiger charge is 2.58. The largest absolute Gasteiger partial charge is 0.294 e. The van der Waals surface area contributed by atoms with Crippen LogP contribution >= 0.6 is 12.4 Å². The average molecular weight is 177 g/mol. The molecule has 0 aromatic rings. The second kappa shape index (κ2) is 2.64. The molecule has 11 heavy (non-hydrogen) atoms. The molecule has 1 amide bonds. The zero-order chi connectivity index (χ0) is 7.19. The molecule has 2 rings (SSSR count). The highest BCUT2D eigenvalue weighted by Crippen LogP contribution is 2.61. The fourth-order valence-corrected chi connectivity index (χ4v) is 1.74. The Kier molecular flexibility index (Phi) is 2.12. The van der Waals surface area contributed by atoms with Gasteiger partial charge in [-0.2, -0.15) is 0 Å². The van der Waals surface area contributed by atoms with E-state index in [0.717, 1.165) is 12.8 Å². The average Bonchev–Trinajstić information content (AvgIpc) is 2.74. The fraction of sp³-hybridized carbons (Fsp3) is 0.857. The van der Waals surface area contributed by atoms with Gasteiger partial charge in [0, 0.05) is 0 Å². The van der Waals surface area contributed by atoms with Crippen molar-refractivity contribution in [2.45, 2.75) is 25.7 Å². The number of rotatable bonds is 2. The van der Waals surface area contributed by atoms with Crippen LogP contribution in [0.5, 0.6) is 0 Å². The molecule has 2 fully saturated rings. The van der Waals surface area contributed by atoms with Crippen molar-refractivity contribution in [2.75, 3.05) is 0 Å². The molecule has 0 unspecified atom stereocenters. The van der Waals surface area contributed by atoms with Gasteiger partial charge in [0.15, 0.2) is 0 Å². The minimum atomic E-state index is -0.00521. The van der Waals surface area contributed by atoms with Crippen LogP contribution in [0.2, 0.25) is 0 Å². The van der Waals surface area contributed by atoms with Gasteiger partial charge >= 0.3 is 0 Å². The predicted molar refractivity (Wildman–Crippen MR) is 44.0 cm³/mol. The number of halogens is 1. The van der Waals surface area contributed by atoms with Crippen LogP contribution in [0.1, 0.15) is 25.7 Å². The van der Waals surface area contributed by atoms with Crippen LogP contribution in [0, 0.1) is 11.3 Å². The van der Waals surface area contributed by atoms with Crippen molar-refractivity contribution >= 4 is 18.3 Å². The first-order chi connectivity index (χ1) is 4.79. The molecule has 0 aromatic carbocycles. The maximum absolute atomic E-state index is 11.1. The summed E-state index contributed by atoms with van der Waals surface area (Å²) in [6, 6.07) is 0. The third-order valence-corrected chi connectivity index (χ3v) is 2.73. The smallest absolute Gasteiger partial charge is 0.240 e. The second-order valence-electron chi connectivity index (χ2n) is 3.40. The Morgan fingerprint density at radius 2 is 2.00 bits per heavy atom. The van der Waals surface area contributed by atoms with Crippen LogP contribution in [0.25, 0.3) is 0 Å². The molecule has 0 spiro atoms. The van der Waals surface area contributed by atoms with Gasteiger partial charge in [-0.3, -0.25) is 10.2 Å². The minimum absolute atomic E-state index is 0. The van der Waals surface area contributed by atoms with E-state index in [1.807, 2.05) is 0 Å². The summed E-state index contributed by atoms with van der Waals surface area (Å²) in [5.41, 5.74) is 2.24. The Balaban J connectivity index is 0.000000605. The maximum Gasteiger partial charge on any atom is 0.240 e. The molecular weight excluding hydrogens is 164 g/mol. The van der Waals surface area contributed by atoms with Crippen molar-refractivity contribution in [3.8, 4) is 0 Å². The summed E-state index contributed by atoms with van der Waals surface area (Å²) in [6.07, 6.45) is 4.57. The van der Waals surface area contributed by atoms with Crippen molar-refractivity contribution in [1.82, 2.24) is 5.43 Å². The van der Waals surface area contributed by atoms with Gasteiger partial charge in [0.1, 0.15) is 0 Å². The number of carbonyl (C=O) groups excluding carboxylic acids is 1. The van der Waals surface area contributed by atoms with E-state index >= 15 is 0 Å². The fourth-order valence-electron chi connectivity index (χ4n) is 1.74. The van der Waals surface area contributed by atoms with E-state index in [2.05, 4.69) is 5.43 Å². The summed E-state index contributed by atoms with van der Waals surface area (Å²) < 4.78 is 0. The van der Waals surface area contributed by atoms with E-state index in [9.17, 15) is 4.79 Å². The lowest BCUT2D eigenvalue weighted by atomic mass is 10.0. The van der Waals surface area contributed by atoms with Gasteiger partial charge in [-0.15, -0.1) is 12.4 Å². The second-order valence-corrected chi connectivity index (χ2v) is 3.40. The molecule has 0 aromatic heterocycles. The summed E-state index contributed by atoms with van der Waals surface area (Å²) in [5.74, 6) is 5.79. The van der Waals surface area contributed by atoms with Gasteiger partial charge in [-0.05, 0) is 31.6 Å². The highest BCUT2D eigenvalue weighted by molar-refractivity contribution is 5.85. The highest BCUT2D eigenvalue weighted by atomic mass is 35.5. The Labute approximate surface area is 72.1 Å². The molecular formula is C7H13ClN2O. The Morgan fingerprint density at radius 1 is 1.45 bits per heavy atom. The molecule has 3 N–H and O–H groups in total. The molecule has 0 bridgehead atoms. The molecule has 64 valence electrons. The molecule has 0 heterocycles. The number of carbonyl (C=O) groups is 1. The van der Waals surface area contributed by atoms with Crippen LogP contribution in [-0.2, 0) is 4.79 Å². The molecule has 3 nitrogen and oxygen atoms in total. The number of hydrogen-bond donors (Lipinski definition) is 2. The van der Waals surface area contributed by atoms with E-state index in [-0.39, 0.29) is 23.7 Å². The number of nitrogens with two attached hydrogens (primary N) is 1. The monoisotopic (exact) mass is 176 g/mol. The summed E-state index contributed by atoms with van der Waals surface area (Å²) >= 11 is 0. The summed E-state index contributed by atoms with van der Waals surface area (Å²) in [6.45, 7) is 0. The minimum Gasteiger partial charge on any atom is -0.294 e. The van der Waals surface area contributed by atoms with Crippen LogP contribution < -0.4 is 11.3 Å². The summed E-state index contributed by atoms with van der Waals surface area (Å²) in [4.78, 5) is 11.1. The molecule has 0 atom stereocenters. The van der Waals surface area contributed by atoms with Gasteiger partial charge in [0.25, 0.3) is 0 Å². The zero-order valence-corrected chi connectivity index (χ0v) is 7.12. The lowest BCUT2D eigenvalue weighted by Gasteiger charge is -2.10. The standard InChI is InChI=1S/C7H12N2O.ClH/c8-9-6(10)7(3-4-7)5-1-2-5;/h5H,1-4,8H2,(H,9,10);1H. The Morgan fingerprint density at radius 3 is 2.27 bits per heavy atom. The van der Waals surface area contributed by atoms with Crippen LogP contribution in [0.15, 0.2) is 0 Å². The van der Waals surface area contributed by atoms with Gasteiger partial charge in [-0.25, -0.2) is 5.84 Å². The number of hydrazine groups is 1. The van der Waals surface area contributed by atoms with E-state index in [4.69, 9.17) is 5.84 Å². The van der Waals surface area contributed by atoms with E-state index in [1.165, 1.54) is 12.8 Å². The van der Waals surface area contributed by atoms with E-state index in [0.29, 0.717) is 5.92 Å². The summed E-state index contributed by atoms with van der Waals surface area (Å²) in [7, 11) is 0. The van der Waals surface area contributed by atoms with Gasteiger partial charge in [-0.1, -0.05) is 0 Å². The maximum atomic E-state index is 11.1. The van der Waals surface area contributed by atoms with Crippen molar-refractivity contribution in [2.24, 2.45) is 17.2 Å². The number of hydrogen-bond acceptors (Lipinski definition) is 2. The number of nitrogens with one attached hydrogen (secondary N) is 1. The topological polar surface area (TPSA) is 55.1 Å². The first kappa shape index (κ1) is 8.81. The molecule has 0 saturated heterocycles. The first-order valence-corrected chi connectivity index (χ1v) is 3.81. The molecule has 2 aliphatic carbocycles. The quantitative estimate of drug-likeness (QED) is 0.368. The van der Waals surface area contributed by atoms with Gasteiger partial charge in [0.2, 0.25) is 5.91 Å². The first-order valence-electron chi connectivity index (χ1n) is 3.81. The van der Waals surface area contributed by atoms with Crippen LogP contribution in [-0.4, -0.2) is 5.91 Å². The molecule has 4 heteroatoms. The zero-order valence-electron chi connectivity index (χ0n) is 6.30. The number of amides is 1. The Hall–Kier alpha value is -0.280. The molecule has 2 saturated carbocycles. The van der Waals surface area contributed by atoms with Crippen LogP contribution in [0.3, 0.4) is 0 Å². The SMILES string of the molecule is Cl.NNC(=O)C1(C2CC2)CC1. The lowest BCUT2D eigenvalue weighted by molar-refractivity contribution is -0.127. The summed E-state index contributed by atoms with van der Waals surface area (Å²) in [5, 5.41) is 0. The lowest BCUT2D eigenvalue weighted by Crippen LogP contribution is -2.38. The molecule has 2 aliphatic rings. The Bertz CT molecular complexity index is 175. The third kappa shape index (κ3) is 1.23. The van der Waals surface area contributed by atoms with Crippen molar-refractivity contribution < 1.29 is 4.79 Å². The van der Waals surface area contributed by atoms with Crippen molar-refractivity contribution in [3.63, 3.8) is 0 Å². The third-order valence-electron chi connectivity index (χ3n) is 2.73.